The summed E-state index contributed by atoms with van der Waals surface area (Å²) >= 11 is 1.34. The Bertz CT molecular complexity index is 1090. The van der Waals surface area contributed by atoms with Crippen molar-refractivity contribution in [2.24, 2.45) is 0 Å². The molecule has 3 heterocycles. The first-order valence-electron chi connectivity index (χ1n) is 10.2. The number of fused-ring (bicyclic) bond motifs is 1. The maximum absolute atomic E-state index is 13.3. The molecule has 2 N–H and O–H groups in total. The topological polar surface area (TPSA) is 103 Å². The second-order valence-corrected chi connectivity index (χ2v) is 9.16. The molecule has 0 bridgehead atoms. The molecule has 168 valence electrons. The van der Waals surface area contributed by atoms with Gasteiger partial charge in [0.15, 0.2) is 5.82 Å². The number of carbonyl (C=O) groups is 2. The summed E-state index contributed by atoms with van der Waals surface area (Å²) in [5, 5.41) is 11.7. The Kier molecular flexibility index (Phi) is 5.98. The number of aromatic nitrogens is 3. The standard InChI is InChI=1S/C22H26N6O3S/c1-22(2)18-15(19(26-25-18)24-20(29)16-12-32-13-23-16)10-28(22)21(30)31-17(11-27(3)4)14-8-6-5-7-9-14/h5-9,12-13,17H,10-11H2,1-4H3,(H2,24,25,26,29)/t17-/m1/s1. The molecule has 0 saturated heterocycles. The molecule has 1 aliphatic heterocycles. The molecule has 2 amide bonds. The van der Waals surface area contributed by atoms with Crippen molar-refractivity contribution in [3.63, 3.8) is 0 Å². The number of rotatable bonds is 6. The van der Waals surface area contributed by atoms with Crippen molar-refractivity contribution < 1.29 is 14.3 Å². The van der Waals surface area contributed by atoms with Gasteiger partial charge in [0, 0.05) is 17.5 Å². The van der Waals surface area contributed by atoms with E-state index in [0.717, 1.165) is 16.8 Å². The number of ether oxygens (including phenoxy) is 1. The van der Waals surface area contributed by atoms with Gasteiger partial charge in [0.2, 0.25) is 0 Å². The molecule has 0 aliphatic carbocycles. The van der Waals surface area contributed by atoms with Gasteiger partial charge in [-0.3, -0.25) is 14.8 Å². The van der Waals surface area contributed by atoms with E-state index in [-0.39, 0.29) is 12.5 Å². The van der Waals surface area contributed by atoms with Crippen LogP contribution in [0.3, 0.4) is 0 Å². The molecule has 10 heteroatoms. The summed E-state index contributed by atoms with van der Waals surface area (Å²) in [6.07, 6.45) is -0.831. The van der Waals surface area contributed by atoms with E-state index in [2.05, 4.69) is 20.5 Å². The largest absolute Gasteiger partial charge is 0.440 e. The zero-order valence-corrected chi connectivity index (χ0v) is 19.3. The van der Waals surface area contributed by atoms with Gasteiger partial charge < -0.3 is 15.0 Å². The highest BCUT2D eigenvalue weighted by Gasteiger charge is 2.45. The number of amides is 2. The number of nitrogens with zero attached hydrogens (tertiary/aromatic N) is 4. The van der Waals surface area contributed by atoms with Crippen LogP contribution in [0.2, 0.25) is 0 Å². The minimum atomic E-state index is -0.678. The summed E-state index contributed by atoms with van der Waals surface area (Å²) in [7, 11) is 3.88. The summed E-state index contributed by atoms with van der Waals surface area (Å²) in [6, 6.07) is 9.70. The van der Waals surface area contributed by atoms with Crippen LogP contribution in [0.5, 0.6) is 0 Å². The highest BCUT2D eigenvalue weighted by Crippen LogP contribution is 2.41. The molecule has 0 unspecified atom stereocenters. The lowest BCUT2D eigenvalue weighted by Gasteiger charge is -2.33. The van der Waals surface area contributed by atoms with Crippen LogP contribution in [0.1, 0.15) is 47.3 Å². The SMILES string of the molecule is CN(C)C[C@@H](OC(=O)N1Cc2c(NC(=O)c3cscn3)n[nH]c2C1(C)C)c1ccccc1. The summed E-state index contributed by atoms with van der Waals surface area (Å²) in [5.41, 5.74) is 3.72. The Hall–Kier alpha value is -3.24. The third-order valence-electron chi connectivity index (χ3n) is 5.53. The fourth-order valence-corrected chi connectivity index (χ4v) is 4.34. The number of thiazole rings is 1. The van der Waals surface area contributed by atoms with Crippen molar-refractivity contribution in [1.82, 2.24) is 25.0 Å². The Morgan fingerprint density at radius 2 is 2.06 bits per heavy atom. The predicted octanol–water partition coefficient (Wildman–Crippen LogP) is 3.61. The van der Waals surface area contributed by atoms with Crippen LogP contribution in [0.4, 0.5) is 10.6 Å². The number of H-pyrrole nitrogens is 1. The van der Waals surface area contributed by atoms with Crippen molar-refractivity contribution in [2.45, 2.75) is 32.0 Å². The Balaban J connectivity index is 1.53. The average Bonchev–Trinajstić information content (AvgIpc) is 3.47. The molecule has 9 nitrogen and oxygen atoms in total. The molecule has 0 saturated carbocycles. The van der Waals surface area contributed by atoms with E-state index in [4.69, 9.17) is 4.74 Å². The number of carbonyl (C=O) groups excluding carboxylic acids is 2. The van der Waals surface area contributed by atoms with Crippen molar-refractivity contribution in [3.05, 3.63) is 63.7 Å². The zero-order valence-electron chi connectivity index (χ0n) is 18.5. The predicted molar refractivity (Wildman–Crippen MR) is 121 cm³/mol. The minimum Gasteiger partial charge on any atom is -0.440 e. The van der Waals surface area contributed by atoms with Gasteiger partial charge in [0.05, 0.1) is 23.3 Å². The van der Waals surface area contributed by atoms with Gasteiger partial charge in [0.25, 0.3) is 5.91 Å². The average molecular weight is 455 g/mol. The number of nitrogens with one attached hydrogen (secondary N) is 2. The van der Waals surface area contributed by atoms with Crippen LogP contribution in [0.15, 0.2) is 41.2 Å². The van der Waals surface area contributed by atoms with Gasteiger partial charge >= 0.3 is 6.09 Å². The zero-order chi connectivity index (χ0) is 22.9. The third kappa shape index (κ3) is 4.23. The van der Waals surface area contributed by atoms with E-state index < -0.39 is 17.7 Å². The van der Waals surface area contributed by atoms with Crippen LogP contribution in [-0.4, -0.2) is 57.6 Å². The third-order valence-corrected chi connectivity index (χ3v) is 6.12. The highest BCUT2D eigenvalue weighted by atomic mass is 32.1. The van der Waals surface area contributed by atoms with Crippen molar-refractivity contribution in [2.75, 3.05) is 26.0 Å². The number of aromatic amines is 1. The Morgan fingerprint density at radius 1 is 1.31 bits per heavy atom. The lowest BCUT2D eigenvalue weighted by Crippen LogP contribution is -2.42. The molecule has 0 spiro atoms. The van der Waals surface area contributed by atoms with Crippen LogP contribution in [-0.2, 0) is 16.8 Å². The summed E-state index contributed by atoms with van der Waals surface area (Å²) in [4.78, 5) is 33.4. The van der Waals surface area contributed by atoms with Gasteiger partial charge in [-0.25, -0.2) is 9.78 Å². The Morgan fingerprint density at radius 3 is 2.72 bits per heavy atom. The quantitative estimate of drug-likeness (QED) is 0.590. The van der Waals surface area contributed by atoms with E-state index in [9.17, 15) is 9.59 Å². The molecular weight excluding hydrogens is 428 g/mol. The number of hydrogen-bond acceptors (Lipinski definition) is 7. The molecule has 0 radical (unpaired) electrons. The van der Waals surface area contributed by atoms with Gasteiger partial charge in [-0.2, -0.15) is 5.10 Å². The minimum absolute atomic E-state index is 0.272. The van der Waals surface area contributed by atoms with Crippen molar-refractivity contribution >= 4 is 29.2 Å². The van der Waals surface area contributed by atoms with E-state index in [1.54, 1.807) is 15.8 Å². The van der Waals surface area contributed by atoms with Crippen LogP contribution < -0.4 is 5.32 Å². The first-order chi connectivity index (χ1) is 15.3. The first kappa shape index (κ1) is 22.0. The molecule has 0 fully saturated rings. The number of likely N-dealkylation sites (N-methyl/N-ethyl adjacent to an activating group) is 1. The second-order valence-electron chi connectivity index (χ2n) is 8.44. The summed E-state index contributed by atoms with van der Waals surface area (Å²) < 4.78 is 5.96. The number of anilines is 1. The van der Waals surface area contributed by atoms with E-state index in [0.29, 0.717) is 18.1 Å². The fourth-order valence-electron chi connectivity index (χ4n) is 3.80. The van der Waals surface area contributed by atoms with Gasteiger partial charge in [-0.1, -0.05) is 30.3 Å². The fraction of sp³-hybridized carbons (Fsp3) is 0.364. The number of benzene rings is 1. The molecule has 3 aromatic rings. The first-order valence-corrected chi connectivity index (χ1v) is 11.2. The normalized spacial score (nSPS) is 15.5. The lowest BCUT2D eigenvalue weighted by molar-refractivity contribution is 0.0259. The summed E-state index contributed by atoms with van der Waals surface area (Å²) in [6.45, 7) is 4.68. The molecule has 1 aliphatic rings. The van der Waals surface area contributed by atoms with Crippen molar-refractivity contribution in [3.8, 4) is 0 Å². The maximum atomic E-state index is 13.3. The molecule has 2 aromatic heterocycles. The molecular formula is C22H26N6O3S. The van der Waals surface area contributed by atoms with Gasteiger partial charge in [-0.05, 0) is 33.5 Å². The molecule has 1 aromatic carbocycles. The van der Waals surface area contributed by atoms with Crippen molar-refractivity contribution in [1.29, 1.82) is 0 Å². The van der Waals surface area contributed by atoms with Crippen LogP contribution in [0.25, 0.3) is 0 Å². The van der Waals surface area contributed by atoms with Gasteiger partial charge in [-0.15, -0.1) is 11.3 Å². The number of hydrogen-bond donors (Lipinski definition) is 2. The van der Waals surface area contributed by atoms with E-state index in [1.807, 2.05) is 63.2 Å². The highest BCUT2D eigenvalue weighted by molar-refractivity contribution is 7.07. The van der Waals surface area contributed by atoms with Crippen LogP contribution >= 0.6 is 11.3 Å². The monoisotopic (exact) mass is 454 g/mol. The molecule has 1 atom stereocenters. The van der Waals surface area contributed by atoms with Gasteiger partial charge in [0.1, 0.15) is 11.8 Å². The molecule has 32 heavy (non-hydrogen) atoms. The maximum Gasteiger partial charge on any atom is 0.411 e. The molecule has 4 rings (SSSR count). The second kappa shape index (κ2) is 8.71. The van der Waals surface area contributed by atoms with E-state index >= 15 is 0 Å². The summed E-state index contributed by atoms with van der Waals surface area (Å²) in [5.74, 6) is 0.0591. The Labute approximate surface area is 190 Å². The van der Waals surface area contributed by atoms with E-state index in [1.165, 1.54) is 11.3 Å². The smallest absolute Gasteiger partial charge is 0.411 e. The van der Waals surface area contributed by atoms with Crippen LogP contribution in [0, 0.1) is 0 Å². The lowest BCUT2D eigenvalue weighted by atomic mass is 10.0.